The molecular weight excluding hydrogens is 441 g/mol. The van der Waals surface area contributed by atoms with Gasteiger partial charge in [0.05, 0.1) is 15.7 Å². The fraction of sp³-hybridized carbons (Fsp3) is 0.214. The van der Waals surface area contributed by atoms with Gasteiger partial charge < -0.3 is 5.73 Å². The summed E-state index contributed by atoms with van der Waals surface area (Å²) in [6.45, 7) is 0. The van der Waals surface area contributed by atoms with Crippen molar-refractivity contribution in [2.24, 2.45) is 0 Å². The molecule has 0 aliphatic rings. The van der Waals surface area contributed by atoms with E-state index in [0.29, 0.717) is 20.5 Å². The molecule has 5 nitrogen and oxygen atoms in total. The Balaban J connectivity index is 2.05. The first-order valence-corrected chi connectivity index (χ1v) is 7.86. The van der Waals surface area contributed by atoms with Gasteiger partial charge in [-0.1, -0.05) is 0 Å². The van der Waals surface area contributed by atoms with Gasteiger partial charge in [0.2, 0.25) is 5.95 Å². The van der Waals surface area contributed by atoms with Crippen molar-refractivity contribution in [1.29, 1.82) is 0 Å². The minimum atomic E-state index is -4.28. The zero-order valence-electron chi connectivity index (χ0n) is 12.0. The number of hydrogen-bond acceptors (Lipinski definition) is 4. The van der Waals surface area contributed by atoms with E-state index < -0.39 is 12.6 Å². The van der Waals surface area contributed by atoms with Gasteiger partial charge >= 0.3 is 6.18 Å². The van der Waals surface area contributed by atoms with Crippen molar-refractivity contribution in [1.82, 2.24) is 19.6 Å². The first-order chi connectivity index (χ1) is 11.2. The van der Waals surface area contributed by atoms with Gasteiger partial charge in [0.15, 0.2) is 11.5 Å². The Morgan fingerprint density at radius 2 is 1.79 bits per heavy atom. The quantitative estimate of drug-likeness (QED) is 0.488. The number of aromatic nitrogens is 4. The molecule has 3 rings (SSSR count). The summed E-state index contributed by atoms with van der Waals surface area (Å²) in [6.07, 6.45) is -5.64. The van der Waals surface area contributed by atoms with E-state index in [1.165, 1.54) is 28.8 Å². The number of nitrogens with two attached hydrogens (primary N) is 1. The molecule has 10 heteroatoms. The number of aryl methyl sites for hydroxylation is 1. The lowest BCUT2D eigenvalue weighted by molar-refractivity contribution is -0.134. The van der Waals surface area contributed by atoms with Crippen LogP contribution in [0.4, 0.5) is 23.5 Å². The van der Waals surface area contributed by atoms with Crippen LogP contribution in [-0.2, 0) is 6.42 Å². The summed E-state index contributed by atoms with van der Waals surface area (Å²) in [5, 5.41) is 3.98. The van der Waals surface area contributed by atoms with Crippen molar-refractivity contribution in [3.8, 4) is 11.3 Å². The van der Waals surface area contributed by atoms with E-state index in [1.807, 2.05) is 22.6 Å². The van der Waals surface area contributed by atoms with Crippen LogP contribution in [0.3, 0.4) is 0 Å². The highest BCUT2D eigenvalue weighted by Crippen LogP contribution is 2.28. The van der Waals surface area contributed by atoms with Crippen LogP contribution in [0.15, 0.2) is 24.3 Å². The topological polar surface area (TPSA) is 69.1 Å². The minimum absolute atomic E-state index is 0.00417. The molecule has 24 heavy (non-hydrogen) atoms. The van der Waals surface area contributed by atoms with Crippen molar-refractivity contribution in [2.75, 3.05) is 5.73 Å². The molecule has 0 saturated carbocycles. The van der Waals surface area contributed by atoms with Crippen molar-refractivity contribution in [3.63, 3.8) is 0 Å². The molecule has 0 fully saturated rings. The normalized spacial score (nSPS) is 12.0. The number of anilines is 1. The van der Waals surface area contributed by atoms with Gasteiger partial charge in [0.25, 0.3) is 0 Å². The Morgan fingerprint density at radius 1 is 1.12 bits per heavy atom. The lowest BCUT2D eigenvalue weighted by Crippen LogP contribution is -2.09. The Kier molecular flexibility index (Phi) is 4.32. The van der Waals surface area contributed by atoms with E-state index in [-0.39, 0.29) is 24.0 Å². The van der Waals surface area contributed by atoms with Gasteiger partial charge in [-0.3, -0.25) is 0 Å². The third kappa shape index (κ3) is 3.42. The minimum Gasteiger partial charge on any atom is -0.368 e. The molecule has 126 valence electrons. The largest absolute Gasteiger partial charge is 0.389 e. The number of alkyl halides is 3. The summed E-state index contributed by atoms with van der Waals surface area (Å²) in [4.78, 5) is 8.34. The van der Waals surface area contributed by atoms with E-state index in [9.17, 15) is 17.6 Å². The van der Waals surface area contributed by atoms with Crippen LogP contribution < -0.4 is 5.73 Å². The summed E-state index contributed by atoms with van der Waals surface area (Å²) in [7, 11) is 0. The number of rotatable bonds is 3. The second-order valence-electron chi connectivity index (χ2n) is 5.02. The first-order valence-electron chi connectivity index (χ1n) is 6.78. The van der Waals surface area contributed by atoms with E-state index in [1.54, 1.807) is 0 Å². The number of hydrogen-bond donors (Lipinski definition) is 1. The smallest absolute Gasteiger partial charge is 0.368 e. The van der Waals surface area contributed by atoms with Crippen LogP contribution in [0.5, 0.6) is 0 Å². The Labute approximate surface area is 147 Å². The molecule has 1 aromatic carbocycles. The molecule has 0 aliphatic heterocycles. The highest BCUT2D eigenvalue weighted by Gasteiger charge is 2.28. The molecule has 2 aromatic heterocycles. The van der Waals surface area contributed by atoms with Gasteiger partial charge in [-0.05, 0) is 46.9 Å². The van der Waals surface area contributed by atoms with Gasteiger partial charge in [0.1, 0.15) is 5.82 Å². The molecule has 2 N–H and O–H groups in total. The number of halogens is 5. The van der Waals surface area contributed by atoms with Crippen LogP contribution in [0, 0.1) is 9.39 Å². The summed E-state index contributed by atoms with van der Waals surface area (Å²) in [5.41, 5.74) is 7.25. The third-order valence-corrected chi connectivity index (χ3v) is 4.24. The lowest BCUT2D eigenvalue weighted by Gasteiger charge is -2.06. The number of nitrogen functional groups attached to an aromatic ring is 1. The van der Waals surface area contributed by atoms with E-state index in [4.69, 9.17) is 5.73 Å². The third-order valence-electron chi connectivity index (χ3n) is 3.25. The zero-order chi connectivity index (χ0) is 17.5. The average Bonchev–Trinajstić information content (AvgIpc) is 2.94. The monoisotopic (exact) mass is 451 g/mol. The molecule has 3 aromatic rings. The number of nitrogens with zero attached hydrogens (tertiary/aromatic N) is 4. The average molecular weight is 451 g/mol. The Hall–Kier alpha value is -1.98. The molecule has 0 amide bonds. The van der Waals surface area contributed by atoms with Gasteiger partial charge in [0, 0.05) is 12.0 Å². The van der Waals surface area contributed by atoms with Gasteiger partial charge in [-0.15, -0.1) is 5.10 Å². The summed E-state index contributed by atoms with van der Waals surface area (Å²) < 4.78 is 51.9. The molecular formula is C14H10F4IN5. The SMILES string of the molecule is Nc1nc(-c2ccc(F)cc2)c(I)c2nc(CCC(F)(F)F)nn12. The van der Waals surface area contributed by atoms with Crippen LogP contribution in [0.2, 0.25) is 0 Å². The molecule has 2 heterocycles. The van der Waals surface area contributed by atoms with Crippen molar-refractivity contribution in [2.45, 2.75) is 19.0 Å². The zero-order valence-corrected chi connectivity index (χ0v) is 14.1. The van der Waals surface area contributed by atoms with Crippen LogP contribution in [-0.4, -0.2) is 25.8 Å². The highest BCUT2D eigenvalue weighted by molar-refractivity contribution is 14.1. The maximum atomic E-state index is 13.1. The predicted octanol–water partition coefficient (Wildman–Crippen LogP) is 3.61. The summed E-state index contributed by atoms with van der Waals surface area (Å²) in [5.74, 6) is -0.356. The van der Waals surface area contributed by atoms with E-state index in [2.05, 4.69) is 15.1 Å². The van der Waals surface area contributed by atoms with Crippen LogP contribution in [0.25, 0.3) is 16.9 Å². The van der Waals surface area contributed by atoms with Gasteiger partial charge in [-0.2, -0.15) is 17.7 Å². The standard InChI is InChI=1S/C14H10F4IN5/c15-8-3-1-7(2-4-8)11-10(19)12-21-9(5-6-14(16,17)18)23-24(12)13(20)22-11/h1-4H,5-6H2,(H2,20,22). The fourth-order valence-electron chi connectivity index (χ4n) is 2.13. The second kappa shape index (κ2) is 6.15. The van der Waals surface area contributed by atoms with Gasteiger partial charge in [-0.25, -0.2) is 14.4 Å². The molecule has 0 unspecified atom stereocenters. The van der Waals surface area contributed by atoms with E-state index in [0.717, 1.165) is 0 Å². The second-order valence-corrected chi connectivity index (χ2v) is 6.10. The molecule has 0 saturated heterocycles. The molecule has 0 aliphatic carbocycles. The maximum Gasteiger partial charge on any atom is 0.389 e. The number of benzene rings is 1. The highest BCUT2D eigenvalue weighted by atomic mass is 127. The van der Waals surface area contributed by atoms with Crippen molar-refractivity contribution < 1.29 is 17.6 Å². The fourth-order valence-corrected chi connectivity index (χ4v) is 2.91. The molecule has 0 bridgehead atoms. The summed E-state index contributed by atoms with van der Waals surface area (Å²) in [6, 6.07) is 5.64. The lowest BCUT2D eigenvalue weighted by atomic mass is 10.1. The first kappa shape index (κ1) is 16.9. The van der Waals surface area contributed by atoms with Crippen LogP contribution >= 0.6 is 22.6 Å². The van der Waals surface area contributed by atoms with E-state index >= 15 is 0 Å². The Bertz CT molecular complexity index is 889. The van der Waals surface area contributed by atoms with Crippen molar-refractivity contribution in [3.05, 3.63) is 39.5 Å². The molecule has 0 radical (unpaired) electrons. The summed E-state index contributed by atoms with van der Waals surface area (Å²) >= 11 is 1.97. The van der Waals surface area contributed by atoms with Crippen LogP contribution in [0.1, 0.15) is 12.2 Å². The molecule has 0 atom stereocenters. The molecule has 0 spiro atoms. The van der Waals surface area contributed by atoms with Crippen molar-refractivity contribution >= 4 is 34.2 Å². The maximum absolute atomic E-state index is 13.1. The number of fused-ring (bicyclic) bond motifs is 1. The Morgan fingerprint density at radius 3 is 2.42 bits per heavy atom. The predicted molar refractivity (Wildman–Crippen MR) is 87.7 cm³/mol.